The molecule has 1 fully saturated rings. The minimum absolute atomic E-state index is 0.0143. The zero-order valence-electron chi connectivity index (χ0n) is 13.9. The predicted molar refractivity (Wildman–Crippen MR) is 97.8 cm³/mol. The number of hydrogen-bond acceptors (Lipinski definition) is 3. The number of anilines is 1. The van der Waals surface area contributed by atoms with E-state index < -0.39 is 0 Å². The van der Waals surface area contributed by atoms with E-state index in [0.29, 0.717) is 13.1 Å². The number of hydrogen-bond donors (Lipinski definition) is 1. The maximum atomic E-state index is 12.6. The van der Waals surface area contributed by atoms with Crippen molar-refractivity contribution < 1.29 is 4.79 Å². The molecule has 3 aromatic rings. The van der Waals surface area contributed by atoms with E-state index in [1.165, 1.54) is 10.3 Å². The van der Waals surface area contributed by atoms with E-state index in [-0.39, 0.29) is 18.1 Å². The maximum Gasteiger partial charge on any atom is 0.326 e. The molecule has 1 aliphatic heterocycles. The van der Waals surface area contributed by atoms with Gasteiger partial charge in [-0.1, -0.05) is 30.3 Å². The maximum absolute atomic E-state index is 12.6. The summed E-state index contributed by atoms with van der Waals surface area (Å²) in [5.41, 5.74) is 2.47. The monoisotopic (exact) mass is 336 g/mol. The molecule has 0 radical (unpaired) electrons. The van der Waals surface area contributed by atoms with Crippen molar-refractivity contribution in [2.45, 2.75) is 6.54 Å². The van der Waals surface area contributed by atoms with Crippen LogP contribution in [0.25, 0.3) is 11.0 Å². The summed E-state index contributed by atoms with van der Waals surface area (Å²) in [5.74, 6) is -0.0143. The molecular formula is C19H20N4O2. The summed E-state index contributed by atoms with van der Waals surface area (Å²) in [4.78, 5) is 31.7. The van der Waals surface area contributed by atoms with Crippen LogP contribution in [0.4, 0.5) is 5.69 Å². The van der Waals surface area contributed by atoms with Gasteiger partial charge in [0.05, 0.1) is 11.0 Å². The lowest BCUT2D eigenvalue weighted by Gasteiger charge is -2.36. The predicted octanol–water partition coefficient (Wildman–Crippen LogP) is 1.68. The van der Waals surface area contributed by atoms with Crippen LogP contribution < -0.4 is 10.6 Å². The highest BCUT2D eigenvalue weighted by Crippen LogP contribution is 2.16. The van der Waals surface area contributed by atoms with Crippen molar-refractivity contribution in [3.8, 4) is 0 Å². The molecule has 128 valence electrons. The Morgan fingerprint density at radius 2 is 1.60 bits per heavy atom. The van der Waals surface area contributed by atoms with Gasteiger partial charge in [0.25, 0.3) is 0 Å². The number of para-hydroxylation sites is 3. The Balaban J connectivity index is 1.44. The van der Waals surface area contributed by atoms with E-state index >= 15 is 0 Å². The van der Waals surface area contributed by atoms with Gasteiger partial charge in [0.15, 0.2) is 0 Å². The molecule has 1 saturated heterocycles. The van der Waals surface area contributed by atoms with Gasteiger partial charge < -0.3 is 14.8 Å². The van der Waals surface area contributed by atoms with Gasteiger partial charge in [-0.15, -0.1) is 0 Å². The zero-order chi connectivity index (χ0) is 17.2. The van der Waals surface area contributed by atoms with Crippen molar-refractivity contribution in [3.63, 3.8) is 0 Å². The van der Waals surface area contributed by atoms with Crippen LogP contribution in [0.5, 0.6) is 0 Å². The van der Waals surface area contributed by atoms with Crippen LogP contribution in [-0.4, -0.2) is 46.5 Å². The van der Waals surface area contributed by atoms with Gasteiger partial charge in [-0.2, -0.15) is 0 Å². The van der Waals surface area contributed by atoms with Crippen molar-refractivity contribution in [2.75, 3.05) is 31.1 Å². The third-order valence-electron chi connectivity index (χ3n) is 4.73. The van der Waals surface area contributed by atoms with Gasteiger partial charge >= 0.3 is 5.69 Å². The number of carbonyl (C=O) groups is 1. The molecule has 1 aliphatic rings. The average Bonchev–Trinajstić information content (AvgIpc) is 2.98. The number of aromatic nitrogens is 2. The number of piperazine rings is 1. The lowest BCUT2D eigenvalue weighted by Crippen LogP contribution is -2.50. The minimum Gasteiger partial charge on any atom is -0.368 e. The fourth-order valence-corrected chi connectivity index (χ4v) is 3.35. The normalized spacial score (nSPS) is 14.9. The molecule has 1 amide bonds. The summed E-state index contributed by atoms with van der Waals surface area (Å²) in [6.45, 7) is 3.03. The second-order valence-corrected chi connectivity index (χ2v) is 6.24. The molecule has 1 aromatic heterocycles. The third kappa shape index (κ3) is 3.03. The molecule has 0 spiro atoms. The number of nitrogens with one attached hydrogen (secondary N) is 1. The first-order chi connectivity index (χ1) is 12.2. The number of benzene rings is 2. The highest BCUT2D eigenvalue weighted by Gasteiger charge is 2.22. The van der Waals surface area contributed by atoms with E-state index in [9.17, 15) is 9.59 Å². The Morgan fingerprint density at radius 3 is 2.36 bits per heavy atom. The molecule has 1 N–H and O–H groups in total. The number of amides is 1. The standard InChI is InChI=1S/C19H20N4O2/c24-18(14-23-17-9-5-4-8-16(17)20-19(23)25)22-12-10-21(11-13-22)15-6-2-1-3-7-15/h1-9H,10-14H2,(H,20,25). The largest absolute Gasteiger partial charge is 0.368 e. The Bertz CT molecular complexity index is 937. The van der Waals surface area contributed by atoms with E-state index in [1.807, 2.05) is 47.4 Å². The Morgan fingerprint density at radius 1 is 0.920 bits per heavy atom. The fraction of sp³-hybridized carbons (Fsp3) is 0.263. The number of rotatable bonds is 3. The summed E-state index contributed by atoms with van der Waals surface area (Å²) >= 11 is 0. The number of fused-ring (bicyclic) bond motifs is 1. The molecular weight excluding hydrogens is 316 g/mol. The van der Waals surface area contributed by atoms with Crippen molar-refractivity contribution in [3.05, 3.63) is 65.1 Å². The molecule has 2 heterocycles. The van der Waals surface area contributed by atoms with Gasteiger partial charge in [0.2, 0.25) is 5.91 Å². The molecule has 4 rings (SSSR count). The Hall–Kier alpha value is -3.02. The van der Waals surface area contributed by atoms with Gasteiger partial charge in [0, 0.05) is 31.9 Å². The topological polar surface area (TPSA) is 61.3 Å². The quantitative estimate of drug-likeness (QED) is 0.792. The van der Waals surface area contributed by atoms with Crippen LogP contribution in [0.2, 0.25) is 0 Å². The number of carbonyl (C=O) groups excluding carboxylic acids is 1. The van der Waals surface area contributed by atoms with Crippen molar-refractivity contribution >= 4 is 22.6 Å². The first kappa shape index (κ1) is 15.5. The lowest BCUT2D eigenvalue weighted by molar-refractivity contribution is -0.132. The third-order valence-corrected chi connectivity index (χ3v) is 4.73. The smallest absolute Gasteiger partial charge is 0.326 e. The van der Waals surface area contributed by atoms with Gasteiger partial charge in [-0.05, 0) is 24.3 Å². The van der Waals surface area contributed by atoms with Gasteiger partial charge in [0.1, 0.15) is 6.54 Å². The van der Waals surface area contributed by atoms with Crippen molar-refractivity contribution in [1.82, 2.24) is 14.5 Å². The van der Waals surface area contributed by atoms with Crippen molar-refractivity contribution in [2.24, 2.45) is 0 Å². The molecule has 2 aromatic carbocycles. The number of imidazole rings is 1. The molecule has 0 atom stereocenters. The van der Waals surface area contributed by atoms with E-state index in [2.05, 4.69) is 22.0 Å². The van der Waals surface area contributed by atoms with Gasteiger partial charge in [-0.25, -0.2) is 4.79 Å². The number of nitrogens with zero attached hydrogens (tertiary/aromatic N) is 3. The number of aromatic amines is 1. The summed E-state index contributed by atoms with van der Waals surface area (Å²) in [7, 11) is 0. The van der Waals surface area contributed by atoms with Crippen LogP contribution >= 0.6 is 0 Å². The van der Waals surface area contributed by atoms with E-state index in [1.54, 1.807) is 0 Å². The summed E-state index contributed by atoms with van der Waals surface area (Å²) in [6, 6.07) is 17.7. The summed E-state index contributed by atoms with van der Waals surface area (Å²) in [6.07, 6.45) is 0. The van der Waals surface area contributed by atoms with Crippen LogP contribution in [-0.2, 0) is 11.3 Å². The summed E-state index contributed by atoms with van der Waals surface area (Å²) < 4.78 is 1.52. The molecule has 0 aliphatic carbocycles. The lowest BCUT2D eigenvalue weighted by atomic mass is 10.2. The van der Waals surface area contributed by atoms with Gasteiger partial charge in [-0.3, -0.25) is 9.36 Å². The molecule has 6 heteroatoms. The Labute approximate surface area is 145 Å². The zero-order valence-corrected chi connectivity index (χ0v) is 13.9. The van der Waals surface area contributed by atoms with Crippen molar-refractivity contribution in [1.29, 1.82) is 0 Å². The molecule has 0 unspecified atom stereocenters. The molecule has 0 saturated carbocycles. The van der Waals surface area contributed by atoms with E-state index in [4.69, 9.17) is 0 Å². The van der Waals surface area contributed by atoms with Crippen LogP contribution in [0.1, 0.15) is 0 Å². The van der Waals surface area contributed by atoms with Crippen LogP contribution in [0.3, 0.4) is 0 Å². The number of H-pyrrole nitrogens is 1. The second-order valence-electron chi connectivity index (χ2n) is 6.24. The molecule has 25 heavy (non-hydrogen) atoms. The highest BCUT2D eigenvalue weighted by atomic mass is 16.2. The fourth-order valence-electron chi connectivity index (χ4n) is 3.35. The molecule has 6 nitrogen and oxygen atoms in total. The van der Waals surface area contributed by atoms with E-state index in [0.717, 1.165) is 24.1 Å². The minimum atomic E-state index is -0.238. The Kier molecular flexibility index (Phi) is 4.01. The van der Waals surface area contributed by atoms with Crippen LogP contribution in [0, 0.1) is 0 Å². The average molecular weight is 336 g/mol. The first-order valence-corrected chi connectivity index (χ1v) is 8.48. The molecule has 0 bridgehead atoms. The SMILES string of the molecule is O=C(Cn1c(=O)[nH]c2ccccc21)N1CCN(c2ccccc2)CC1. The second kappa shape index (κ2) is 6.47. The first-order valence-electron chi connectivity index (χ1n) is 8.48. The highest BCUT2D eigenvalue weighted by molar-refractivity contribution is 5.80. The summed E-state index contributed by atoms with van der Waals surface area (Å²) in [5, 5.41) is 0. The van der Waals surface area contributed by atoms with Crippen LogP contribution in [0.15, 0.2) is 59.4 Å².